The van der Waals surface area contributed by atoms with Crippen molar-refractivity contribution in [3.05, 3.63) is 18.2 Å². The first-order valence-corrected chi connectivity index (χ1v) is 6.56. The van der Waals surface area contributed by atoms with Crippen molar-refractivity contribution in [2.45, 2.75) is 12.0 Å². The highest BCUT2D eigenvalue weighted by Gasteiger charge is 2.52. The zero-order valence-electron chi connectivity index (χ0n) is 11.3. The second-order valence-electron chi connectivity index (χ2n) is 5.69. The minimum absolute atomic E-state index is 0.223. The second kappa shape index (κ2) is 4.68. The molecule has 0 N–H and O–H groups in total. The number of hydrogen-bond donors (Lipinski definition) is 0. The Morgan fingerprint density at radius 1 is 1.42 bits per heavy atom. The van der Waals surface area contributed by atoms with E-state index in [4.69, 9.17) is 4.74 Å². The van der Waals surface area contributed by atoms with Crippen LogP contribution in [0.5, 0.6) is 0 Å². The summed E-state index contributed by atoms with van der Waals surface area (Å²) in [7, 11) is 3.92. The summed E-state index contributed by atoms with van der Waals surface area (Å²) < 4.78 is 18.1. The molecule has 1 atom stereocenters. The Morgan fingerprint density at radius 3 is 2.74 bits per heavy atom. The van der Waals surface area contributed by atoms with Gasteiger partial charge in [0.1, 0.15) is 0 Å². The van der Waals surface area contributed by atoms with Crippen LogP contribution in [0.4, 0.5) is 10.3 Å². The summed E-state index contributed by atoms with van der Waals surface area (Å²) in [4.78, 5) is 12.6. The van der Waals surface area contributed by atoms with Crippen molar-refractivity contribution >= 4 is 5.95 Å². The zero-order valence-corrected chi connectivity index (χ0v) is 11.3. The van der Waals surface area contributed by atoms with Crippen LogP contribution in [0.15, 0.2) is 12.4 Å². The molecule has 2 aliphatic heterocycles. The van der Waals surface area contributed by atoms with E-state index in [0.717, 1.165) is 32.7 Å². The number of anilines is 1. The van der Waals surface area contributed by atoms with E-state index < -0.39 is 5.82 Å². The Hall–Kier alpha value is -1.27. The molecule has 5 nitrogen and oxygen atoms in total. The number of halogens is 1. The molecule has 3 rings (SSSR count). The lowest BCUT2D eigenvalue weighted by Crippen LogP contribution is -2.67. The number of methoxy groups -OCH3 is 1. The lowest BCUT2D eigenvalue weighted by molar-refractivity contribution is 0.131. The summed E-state index contributed by atoms with van der Waals surface area (Å²) in [5.74, 6) is 0.832. The third-order valence-electron chi connectivity index (χ3n) is 4.27. The molecule has 2 fully saturated rings. The fraction of sp³-hybridized carbons (Fsp3) is 0.692. The highest BCUT2D eigenvalue weighted by atomic mass is 19.1. The Morgan fingerprint density at radius 2 is 2.11 bits per heavy atom. The van der Waals surface area contributed by atoms with Crippen LogP contribution in [0.3, 0.4) is 0 Å². The zero-order chi connectivity index (χ0) is 13.5. The van der Waals surface area contributed by atoms with Crippen LogP contribution in [0.2, 0.25) is 0 Å². The standard InChI is InChI=1S/C13H19FN4O/c1-17-6-10(7-19-2)3-13(17)8-18(9-13)12-15-4-11(14)5-16-12/h4-5,10H,3,6-9H2,1-2H3/t10-/m1/s1. The van der Waals surface area contributed by atoms with E-state index in [2.05, 4.69) is 26.8 Å². The minimum Gasteiger partial charge on any atom is -0.384 e. The molecule has 0 aliphatic carbocycles. The molecule has 2 aliphatic rings. The average molecular weight is 266 g/mol. The second-order valence-corrected chi connectivity index (χ2v) is 5.69. The quantitative estimate of drug-likeness (QED) is 0.808. The van der Waals surface area contributed by atoms with E-state index in [0.29, 0.717) is 11.9 Å². The van der Waals surface area contributed by atoms with Crippen LogP contribution >= 0.6 is 0 Å². The van der Waals surface area contributed by atoms with Gasteiger partial charge < -0.3 is 9.64 Å². The highest BCUT2D eigenvalue weighted by molar-refractivity contribution is 5.38. The SMILES string of the molecule is COC[C@H]1CN(C)C2(C1)CN(c1ncc(F)cn1)C2. The molecular formula is C13H19FN4O. The third-order valence-corrected chi connectivity index (χ3v) is 4.27. The van der Waals surface area contributed by atoms with Crippen LogP contribution in [-0.4, -0.2) is 60.8 Å². The van der Waals surface area contributed by atoms with Crippen LogP contribution in [0, 0.1) is 11.7 Å². The lowest BCUT2D eigenvalue weighted by Gasteiger charge is -2.51. The van der Waals surface area contributed by atoms with Crippen LogP contribution in [0.1, 0.15) is 6.42 Å². The topological polar surface area (TPSA) is 41.5 Å². The van der Waals surface area contributed by atoms with Crippen molar-refractivity contribution in [3.8, 4) is 0 Å². The summed E-state index contributed by atoms with van der Waals surface area (Å²) in [6.07, 6.45) is 3.59. The normalized spacial score (nSPS) is 25.8. The Labute approximate surface area is 112 Å². The van der Waals surface area contributed by atoms with Gasteiger partial charge in [0.05, 0.1) is 24.5 Å². The average Bonchev–Trinajstić information content (AvgIpc) is 2.66. The first-order valence-electron chi connectivity index (χ1n) is 6.56. The number of ether oxygens (including phenoxy) is 1. The number of likely N-dealkylation sites (tertiary alicyclic amines) is 1. The van der Waals surface area contributed by atoms with Crippen LogP contribution < -0.4 is 4.90 Å². The molecule has 0 unspecified atom stereocenters. The van der Waals surface area contributed by atoms with Gasteiger partial charge in [0.25, 0.3) is 0 Å². The highest BCUT2D eigenvalue weighted by Crippen LogP contribution is 2.40. The molecule has 1 aromatic rings. The van der Waals surface area contributed by atoms with Crippen molar-refractivity contribution < 1.29 is 9.13 Å². The molecule has 0 saturated carbocycles. The van der Waals surface area contributed by atoms with Crippen molar-refractivity contribution in [1.82, 2.24) is 14.9 Å². The Balaban J connectivity index is 1.64. The van der Waals surface area contributed by atoms with E-state index in [-0.39, 0.29) is 5.54 Å². The fourth-order valence-corrected chi connectivity index (χ4v) is 3.33. The van der Waals surface area contributed by atoms with Crippen molar-refractivity contribution in [2.24, 2.45) is 5.92 Å². The maximum atomic E-state index is 12.8. The molecule has 19 heavy (non-hydrogen) atoms. The Bertz CT molecular complexity index is 446. The Kier molecular flexibility index (Phi) is 3.14. The third kappa shape index (κ3) is 2.19. The molecule has 1 spiro atoms. The minimum atomic E-state index is -0.392. The van der Waals surface area contributed by atoms with Gasteiger partial charge in [-0.3, -0.25) is 4.90 Å². The number of rotatable bonds is 3. The van der Waals surface area contributed by atoms with Crippen molar-refractivity contribution in [1.29, 1.82) is 0 Å². The van der Waals surface area contributed by atoms with E-state index >= 15 is 0 Å². The number of likely N-dealkylation sites (N-methyl/N-ethyl adjacent to an activating group) is 1. The largest absolute Gasteiger partial charge is 0.384 e. The van der Waals surface area contributed by atoms with Gasteiger partial charge in [-0.15, -0.1) is 0 Å². The smallest absolute Gasteiger partial charge is 0.225 e. The first kappa shape index (κ1) is 12.7. The van der Waals surface area contributed by atoms with Gasteiger partial charge in [0.15, 0.2) is 5.82 Å². The summed E-state index contributed by atoms with van der Waals surface area (Å²) in [6, 6.07) is 0. The maximum absolute atomic E-state index is 12.8. The molecule has 0 aromatic carbocycles. The summed E-state index contributed by atoms with van der Waals surface area (Å²) in [5, 5.41) is 0. The molecule has 2 saturated heterocycles. The van der Waals surface area contributed by atoms with Crippen LogP contribution in [0.25, 0.3) is 0 Å². The fourth-order valence-electron chi connectivity index (χ4n) is 3.33. The van der Waals surface area contributed by atoms with Gasteiger partial charge in [-0.25, -0.2) is 14.4 Å². The molecule has 104 valence electrons. The number of nitrogens with zero attached hydrogens (tertiary/aromatic N) is 4. The van der Waals surface area contributed by atoms with Gasteiger partial charge in [-0.1, -0.05) is 0 Å². The molecule has 6 heteroatoms. The summed E-state index contributed by atoms with van der Waals surface area (Å²) in [6.45, 7) is 3.72. The predicted molar refractivity (Wildman–Crippen MR) is 69.5 cm³/mol. The lowest BCUT2D eigenvalue weighted by atomic mass is 9.85. The van der Waals surface area contributed by atoms with E-state index in [1.54, 1.807) is 7.11 Å². The summed E-state index contributed by atoms with van der Waals surface area (Å²) in [5.41, 5.74) is 0.223. The molecular weight excluding hydrogens is 247 g/mol. The van der Waals surface area contributed by atoms with Gasteiger partial charge >= 0.3 is 0 Å². The van der Waals surface area contributed by atoms with E-state index in [1.165, 1.54) is 12.4 Å². The summed E-state index contributed by atoms with van der Waals surface area (Å²) >= 11 is 0. The van der Waals surface area contributed by atoms with Crippen molar-refractivity contribution in [2.75, 3.05) is 45.3 Å². The van der Waals surface area contributed by atoms with Crippen molar-refractivity contribution in [3.63, 3.8) is 0 Å². The predicted octanol–water partition coefficient (Wildman–Crippen LogP) is 0.773. The van der Waals surface area contributed by atoms with E-state index in [9.17, 15) is 4.39 Å². The van der Waals surface area contributed by atoms with Gasteiger partial charge in [0.2, 0.25) is 5.95 Å². The van der Waals surface area contributed by atoms with Crippen LogP contribution in [-0.2, 0) is 4.74 Å². The molecule has 0 amide bonds. The molecule has 0 bridgehead atoms. The number of hydrogen-bond acceptors (Lipinski definition) is 5. The first-order chi connectivity index (χ1) is 9.13. The monoisotopic (exact) mass is 266 g/mol. The van der Waals surface area contributed by atoms with Gasteiger partial charge in [-0.05, 0) is 19.4 Å². The maximum Gasteiger partial charge on any atom is 0.225 e. The van der Waals surface area contributed by atoms with Gasteiger partial charge in [-0.2, -0.15) is 0 Å². The van der Waals surface area contributed by atoms with Gasteiger partial charge in [0, 0.05) is 26.7 Å². The van der Waals surface area contributed by atoms with E-state index in [1.807, 2.05) is 0 Å². The molecule has 0 radical (unpaired) electrons. The molecule has 3 heterocycles. The number of aromatic nitrogens is 2. The molecule has 1 aromatic heterocycles.